The van der Waals surface area contributed by atoms with Crippen molar-refractivity contribution < 1.29 is 4.39 Å². The lowest BCUT2D eigenvalue weighted by Crippen LogP contribution is -2.25. The molecule has 3 nitrogen and oxygen atoms in total. The topological polar surface area (TPSA) is 29.9 Å². The predicted molar refractivity (Wildman–Crippen MR) is 74.6 cm³/mol. The van der Waals surface area contributed by atoms with Crippen LogP contribution in [0.5, 0.6) is 0 Å². The second kappa shape index (κ2) is 5.97. The van der Waals surface area contributed by atoms with Gasteiger partial charge in [-0.3, -0.25) is 4.68 Å². The van der Waals surface area contributed by atoms with Crippen LogP contribution in [-0.2, 0) is 6.54 Å². The standard InChI is InChI=1S/C15H20FN3/c1-4-17-15(14-6-7-18-19(14)5-2)12-8-11(3)9-13(16)10-12/h6-10,15,17H,4-5H2,1-3H3. The molecule has 1 atom stereocenters. The summed E-state index contributed by atoms with van der Waals surface area (Å²) in [5.41, 5.74) is 2.93. The molecule has 0 radical (unpaired) electrons. The van der Waals surface area contributed by atoms with Crippen LogP contribution in [0.25, 0.3) is 0 Å². The number of halogens is 1. The molecule has 1 N–H and O–H groups in total. The molecular weight excluding hydrogens is 241 g/mol. The van der Waals surface area contributed by atoms with E-state index in [4.69, 9.17) is 0 Å². The van der Waals surface area contributed by atoms with Crippen LogP contribution in [0.15, 0.2) is 30.5 Å². The van der Waals surface area contributed by atoms with Gasteiger partial charge < -0.3 is 5.32 Å². The maximum absolute atomic E-state index is 13.6. The molecule has 0 spiro atoms. The Morgan fingerprint density at radius 1 is 1.32 bits per heavy atom. The van der Waals surface area contributed by atoms with Crippen molar-refractivity contribution in [3.63, 3.8) is 0 Å². The van der Waals surface area contributed by atoms with Crippen LogP contribution in [0.2, 0.25) is 0 Å². The third kappa shape index (κ3) is 3.01. The van der Waals surface area contributed by atoms with Crippen LogP contribution in [0.3, 0.4) is 0 Å². The normalized spacial score (nSPS) is 12.6. The third-order valence-corrected chi connectivity index (χ3v) is 3.15. The Kier molecular flexibility index (Phi) is 4.32. The largest absolute Gasteiger partial charge is 0.305 e. The molecule has 19 heavy (non-hydrogen) atoms. The minimum atomic E-state index is -0.194. The number of nitrogens with zero attached hydrogens (tertiary/aromatic N) is 2. The second-order valence-electron chi connectivity index (χ2n) is 4.62. The van der Waals surface area contributed by atoms with Crippen molar-refractivity contribution in [2.45, 2.75) is 33.4 Å². The molecule has 2 aromatic rings. The molecular formula is C15H20FN3. The van der Waals surface area contributed by atoms with Gasteiger partial charge in [0.15, 0.2) is 0 Å². The Morgan fingerprint density at radius 3 is 2.74 bits per heavy atom. The molecule has 0 bridgehead atoms. The van der Waals surface area contributed by atoms with Gasteiger partial charge in [0.05, 0.1) is 11.7 Å². The average molecular weight is 261 g/mol. The Hall–Kier alpha value is -1.68. The van der Waals surface area contributed by atoms with E-state index in [1.54, 1.807) is 18.3 Å². The number of aryl methyl sites for hydroxylation is 2. The van der Waals surface area contributed by atoms with E-state index in [9.17, 15) is 4.39 Å². The molecule has 0 fully saturated rings. The van der Waals surface area contributed by atoms with Crippen molar-refractivity contribution in [2.24, 2.45) is 0 Å². The molecule has 2 rings (SSSR count). The first-order valence-electron chi connectivity index (χ1n) is 6.67. The fraction of sp³-hybridized carbons (Fsp3) is 0.400. The summed E-state index contributed by atoms with van der Waals surface area (Å²) in [5, 5.41) is 7.69. The van der Waals surface area contributed by atoms with Gasteiger partial charge in [-0.25, -0.2) is 4.39 Å². The van der Waals surface area contributed by atoms with E-state index >= 15 is 0 Å². The predicted octanol–water partition coefficient (Wildman–Crippen LogP) is 3.05. The zero-order valence-corrected chi connectivity index (χ0v) is 11.7. The summed E-state index contributed by atoms with van der Waals surface area (Å²) in [6.45, 7) is 7.63. The van der Waals surface area contributed by atoms with E-state index in [1.807, 2.05) is 30.7 Å². The highest BCUT2D eigenvalue weighted by Gasteiger charge is 2.17. The first-order valence-corrected chi connectivity index (χ1v) is 6.67. The summed E-state index contributed by atoms with van der Waals surface area (Å²) in [4.78, 5) is 0. The minimum absolute atomic E-state index is 0.0261. The Morgan fingerprint density at radius 2 is 2.11 bits per heavy atom. The van der Waals surface area contributed by atoms with E-state index in [0.29, 0.717) is 0 Å². The number of rotatable bonds is 5. The summed E-state index contributed by atoms with van der Waals surface area (Å²) in [6, 6.07) is 7.11. The van der Waals surface area contributed by atoms with Gasteiger partial charge in [-0.05, 0) is 49.7 Å². The molecule has 1 unspecified atom stereocenters. The molecule has 0 aliphatic carbocycles. The summed E-state index contributed by atoms with van der Waals surface area (Å²) in [7, 11) is 0. The SMILES string of the molecule is CCNC(c1cc(C)cc(F)c1)c1ccnn1CC. The van der Waals surface area contributed by atoms with Gasteiger partial charge in [0.2, 0.25) is 0 Å². The van der Waals surface area contributed by atoms with Crippen molar-refractivity contribution in [1.29, 1.82) is 0 Å². The van der Waals surface area contributed by atoms with E-state index in [-0.39, 0.29) is 11.9 Å². The maximum Gasteiger partial charge on any atom is 0.123 e. The number of hydrogen-bond acceptors (Lipinski definition) is 2. The van der Waals surface area contributed by atoms with Gasteiger partial charge >= 0.3 is 0 Å². The molecule has 102 valence electrons. The zero-order chi connectivity index (χ0) is 13.8. The zero-order valence-electron chi connectivity index (χ0n) is 11.7. The van der Waals surface area contributed by atoms with Crippen LogP contribution in [0.1, 0.15) is 36.7 Å². The van der Waals surface area contributed by atoms with Gasteiger partial charge in [0, 0.05) is 12.7 Å². The molecule has 1 aromatic heterocycles. The quantitative estimate of drug-likeness (QED) is 0.896. The smallest absolute Gasteiger partial charge is 0.123 e. The lowest BCUT2D eigenvalue weighted by Gasteiger charge is -2.20. The van der Waals surface area contributed by atoms with Crippen LogP contribution >= 0.6 is 0 Å². The first-order chi connectivity index (χ1) is 9.15. The van der Waals surface area contributed by atoms with Crippen LogP contribution in [-0.4, -0.2) is 16.3 Å². The second-order valence-corrected chi connectivity index (χ2v) is 4.62. The number of benzene rings is 1. The van der Waals surface area contributed by atoms with Gasteiger partial charge in [0.25, 0.3) is 0 Å². The van der Waals surface area contributed by atoms with Crippen LogP contribution < -0.4 is 5.32 Å². The van der Waals surface area contributed by atoms with Crippen molar-refractivity contribution in [3.8, 4) is 0 Å². The number of aromatic nitrogens is 2. The average Bonchev–Trinajstić information content (AvgIpc) is 2.82. The lowest BCUT2D eigenvalue weighted by atomic mass is 10.0. The highest BCUT2D eigenvalue weighted by atomic mass is 19.1. The molecule has 0 amide bonds. The number of hydrogen-bond donors (Lipinski definition) is 1. The van der Waals surface area contributed by atoms with E-state index < -0.39 is 0 Å². The summed E-state index contributed by atoms with van der Waals surface area (Å²) >= 11 is 0. The third-order valence-electron chi connectivity index (χ3n) is 3.15. The van der Waals surface area contributed by atoms with E-state index in [0.717, 1.165) is 29.9 Å². The van der Waals surface area contributed by atoms with Gasteiger partial charge in [-0.2, -0.15) is 5.10 Å². The number of nitrogens with one attached hydrogen (secondary N) is 1. The van der Waals surface area contributed by atoms with Crippen LogP contribution in [0.4, 0.5) is 4.39 Å². The highest BCUT2D eigenvalue weighted by molar-refractivity contribution is 5.31. The molecule has 0 aliphatic heterocycles. The van der Waals surface area contributed by atoms with Crippen LogP contribution in [0, 0.1) is 12.7 Å². The fourth-order valence-corrected chi connectivity index (χ4v) is 2.38. The van der Waals surface area contributed by atoms with Crippen molar-refractivity contribution in [3.05, 3.63) is 53.1 Å². The molecule has 1 aromatic carbocycles. The highest BCUT2D eigenvalue weighted by Crippen LogP contribution is 2.23. The van der Waals surface area contributed by atoms with Gasteiger partial charge in [-0.1, -0.05) is 13.0 Å². The van der Waals surface area contributed by atoms with Crippen molar-refractivity contribution >= 4 is 0 Å². The molecule has 0 saturated heterocycles. The van der Waals surface area contributed by atoms with Gasteiger partial charge in [-0.15, -0.1) is 0 Å². The molecule has 4 heteroatoms. The van der Waals surface area contributed by atoms with Gasteiger partial charge in [0.1, 0.15) is 5.82 Å². The summed E-state index contributed by atoms with van der Waals surface area (Å²) in [5.74, 6) is -0.194. The lowest BCUT2D eigenvalue weighted by molar-refractivity contribution is 0.538. The molecule has 1 heterocycles. The molecule has 0 saturated carbocycles. The van der Waals surface area contributed by atoms with Crippen molar-refractivity contribution in [2.75, 3.05) is 6.54 Å². The van der Waals surface area contributed by atoms with Crippen molar-refractivity contribution in [1.82, 2.24) is 15.1 Å². The first kappa shape index (κ1) is 13.7. The fourth-order valence-electron chi connectivity index (χ4n) is 2.38. The molecule has 0 aliphatic rings. The Bertz CT molecular complexity index is 528. The minimum Gasteiger partial charge on any atom is -0.305 e. The van der Waals surface area contributed by atoms with E-state index in [2.05, 4.69) is 17.3 Å². The monoisotopic (exact) mass is 261 g/mol. The summed E-state index contributed by atoms with van der Waals surface area (Å²) in [6.07, 6.45) is 1.79. The maximum atomic E-state index is 13.6. The Labute approximate surface area is 113 Å². The van der Waals surface area contributed by atoms with E-state index in [1.165, 1.54) is 0 Å². The summed E-state index contributed by atoms with van der Waals surface area (Å²) < 4.78 is 15.5. The Balaban J connectivity index is 2.45.